The number of hydrogen-bond acceptors (Lipinski definition) is 3. The van der Waals surface area contributed by atoms with Crippen molar-refractivity contribution in [2.45, 2.75) is 30.5 Å². The minimum atomic E-state index is 0.608. The van der Waals surface area contributed by atoms with Gasteiger partial charge in [0.2, 0.25) is 0 Å². The van der Waals surface area contributed by atoms with Crippen molar-refractivity contribution < 1.29 is 4.74 Å². The predicted molar refractivity (Wildman–Crippen MR) is 78.7 cm³/mol. The van der Waals surface area contributed by atoms with Crippen LogP contribution in [0.4, 0.5) is 0 Å². The molecule has 1 rings (SSSR count). The fraction of sp³-hybridized carbons (Fsp3) is 0.538. The topological polar surface area (TPSA) is 21.3 Å². The van der Waals surface area contributed by atoms with Crippen molar-refractivity contribution in [3.05, 3.63) is 28.2 Å². The Balaban J connectivity index is 2.50. The highest BCUT2D eigenvalue weighted by Gasteiger charge is 2.04. The Morgan fingerprint density at radius 1 is 1.41 bits per heavy atom. The van der Waals surface area contributed by atoms with Gasteiger partial charge in [-0.15, -0.1) is 11.8 Å². The zero-order valence-corrected chi connectivity index (χ0v) is 13.0. The van der Waals surface area contributed by atoms with Crippen molar-refractivity contribution in [1.29, 1.82) is 0 Å². The molecule has 0 atom stereocenters. The van der Waals surface area contributed by atoms with Crippen LogP contribution in [-0.4, -0.2) is 25.5 Å². The quantitative estimate of drug-likeness (QED) is 0.612. The molecule has 17 heavy (non-hydrogen) atoms. The van der Waals surface area contributed by atoms with Crippen LogP contribution in [0.5, 0.6) is 0 Å². The SMILES string of the molecule is COCCNCc1ccc(SC(C)C)c(Br)c1. The van der Waals surface area contributed by atoms with Crippen LogP contribution >= 0.6 is 27.7 Å². The monoisotopic (exact) mass is 317 g/mol. The van der Waals surface area contributed by atoms with E-state index in [1.165, 1.54) is 14.9 Å². The van der Waals surface area contributed by atoms with Gasteiger partial charge < -0.3 is 10.1 Å². The molecule has 0 aliphatic rings. The largest absolute Gasteiger partial charge is 0.383 e. The maximum Gasteiger partial charge on any atom is 0.0587 e. The molecule has 0 spiro atoms. The number of ether oxygens (including phenoxy) is 1. The van der Waals surface area contributed by atoms with Crippen molar-refractivity contribution in [2.24, 2.45) is 0 Å². The third-order valence-electron chi connectivity index (χ3n) is 2.17. The third kappa shape index (κ3) is 5.91. The summed E-state index contributed by atoms with van der Waals surface area (Å²) in [7, 11) is 1.72. The lowest BCUT2D eigenvalue weighted by atomic mass is 10.2. The van der Waals surface area contributed by atoms with Gasteiger partial charge >= 0.3 is 0 Å². The van der Waals surface area contributed by atoms with E-state index >= 15 is 0 Å². The fourth-order valence-electron chi connectivity index (χ4n) is 1.41. The molecule has 0 saturated carbocycles. The van der Waals surface area contributed by atoms with Crippen molar-refractivity contribution >= 4 is 27.7 Å². The Kier molecular flexibility index (Phi) is 7.19. The molecule has 1 aromatic carbocycles. The summed E-state index contributed by atoms with van der Waals surface area (Å²) in [6.45, 7) is 6.93. The van der Waals surface area contributed by atoms with Crippen LogP contribution in [-0.2, 0) is 11.3 Å². The first-order valence-electron chi connectivity index (χ1n) is 5.78. The zero-order chi connectivity index (χ0) is 12.7. The standard InChI is InChI=1S/C13H20BrNOS/c1-10(2)17-13-5-4-11(8-12(13)14)9-15-6-7-16-3/h4-5,8,10,15H,6-7,9H2,1-3H3. The lowest BCUT2D eigenvalue weighted by Gasteiger charge is -2.10. The maximum atomic E-state index is 4.99. The predicted octanol–water partition coefficient (Wildman–Crippen LogP) is 3.69. The Labute approximate surface area is 117 Å². The van der Waals surface area contributed by atoms with Crippen molar-refractivity contribution in [3.8, 4) is 0 Å². The van der Waals surface area contributed by atoms with Crippen LogP contribution in [0.25, 0.3) is 0 Å². The average Bonchev–Trinajstić information content (AvgIpc) is 2.27. The molecule has 0 heterocycles. The molecule has 2 nitrogen and oxygen atoms in total. The normalized spacial score (nSPS) is 11.1. The van der Waals surface area contributed by atoms with Gasteiger partial charge in [0.15, 0.2) is 0 Å². The Bertz CT molecular complexity index is 344. The summed E-state index contributed by atoms with van der Waals surface area (Å²) in [6, 6.07) is 6.54. The molecule has 96 valence electrons. The Hall–Kier alpha value is -0.0300. The molecule has 0 saturated heterocycles. The number of thioether (sulfide) groups is 1. The second-order valence-corrected chi connectivity index (χ2v) is 6.57. The highest BCUT2D eigenvalue weighted by Crippen LogP contribution is 2.31. The van der Waals surface area contributed by atoms with Crippen molar-refractivity contribution in [2.75, 3.05) is 20.3 Å². The molecule has 0 aromatic heterocycles. The minimum absolute atomic E-state index is 0.608. The number of halogens is 1. The molecule has 0 aliphatic carbocycles. The number of hydrogen-bond donors (Lipinski definition) is 1. The molecule has 4 heteroatoms. The van der Waals surface area contributed by atoms with Gasteiger partial charge in [0.05, 0.1) is 6.61 Å². The van der Waals surface area contributed by atoms with E-state index in [0.717, 1.165) is 19.7 Å². The summed E-state index contributed by atoms with van der Waals surface area (Å²) in [5.74, 6) is 0. The first-order chi connectivity index (χ1) is 8.13. The molecule has 1 aromatic rings. The Morgan fingerprint density at radius 3 is 2.76 bits per heavy atom. The van der Waals surface area contributed by atoms with Gasteiger partial charge in [-0.2, -0.15) is 0 Å². The van der Waals surface area contributed by atoms with E-state index in [9.17, 15) is 0 Å². The summed E-state index contributed by atoms with van der Waals surface area (Å²) in [6.07, 6.45) is 0. The molecule has 1 N–H and O–H groups in total. The van der Waals surface area contributed by atoms with E-state index in [4.69, 9.17) is 4.74 Å². The minimum Gasteiger partial charge on any atom is -0.383 e. The van der Waals surface area contributed by atoms with Gasteiger partial charge in [0.1, 0.15) is 0 Å². The fourth-order valence-corrected chi connectivity index (χ4v) is 2.94. The molecule has 0 amide bonds. The lowest BCUT2D eigenvalue weighted by Crippen LogP contribution is -2.18. The van der Waals surface area contributed by atoms with Gasteiger partial charge in [-0.25, -0.2) is 0 Å². The molecule has 0 fully saturated rings. The summed E-state index contributed by atoms with van der Waals surface area (Å²) < 4.78 is 6.17. The van der Waals surface area contributed by atoms with E-state index in [2.05, 4.69) is 53.3 Å². The van der Waals surface area contributed by atoms with E-state index in [1.807, 2.05) is 11.8 Å². The van der Waals surface area contributed by atoms with E-state index in [-0.39, 0.29) is 0 Å². The summed E-state index contributed by atoms with van der Waals surface area (Å²) in [4.78, 5) is 1.31. The zero-order valence-electron chi connectivity index (χ0n) is 10.6. The molecule has 0 aliphatic heterocycles. The highest BCUT2D eigenvalue weighted by atomic mass is 79.9. The maximum absolute atomic E-state index is 4.99. The Morgan fingerprint density at radius 2 is 2.18 bits per heavy atom. The number of methoxy groups -OCH3 is 1. The van der Waals surface area contributed by atoms with Crippen LogP contribution in [0.1, 0.15) is 19.4 Å². The van der Waals surface area contributed by atoms with Gasteiger partial charge in [0.25, 0.3) is 0 Å². The number of nitrogens with one attached hydrogen (secondary N) is 1. The van der Waals surface area contributed by atoms with Gasteiger partial charge in [-0.1, -0.05) is 19.9 Å². The van der Waals surface area contributed by atoms with E-state index in [1.54, 1.807) is 7.11 Å². The van der Waals surface area contributed by atoms with Crippen molar-refractivity contribution in [3.63, 3.8) is 0 Å². The van der Waals surface area contributed by atoms with Crippen LogP contribution in [0.3, 0.4) is 0 Å². The average molecular weight is 318 g/mol. The number of benzene rings is 1. The van der Waals surface area contributed by atoms with Crippen LogP contribution in [0, 0.1) is 0 Å². The van der Waals surface area contributed by atoms with E-state index < -0.39 is 0 Å². The summed E-state index contributed by atoms with van der Waals surface area (Å²) in [5.41, 5.74) is 1.29. The second kappa shape index (κ2) is 8.14. The molecule has 0 radical (unpaired) electrons. The molecular formula is C13H20BrNOS. The van der Waals surface area contributed by atoms with Crippen LogP contribution in [0.2, 0.25) is 0 Å². The van der Waals surface area contributed by atoms with Crippen molar-refractivity contribution in [1.82, 2.24) is 5.32 Å². The first kappa shape index (κ1) is 15.0. The molecule has 0 bridgehead atoms. The lowest BCUT2D eigenvalue weighted by molar-refractivity contribution is 0.199. The van der Waals surface area contributed by atoms with Gasteiger partial charge in [0, 0.05) is 34.8 Å². The smallest absolute Gasteiger partial charge is 0.0587 e. The molecule has 0 unspecified atom stereocenters. The summed E-state index contributed by atoms with van der Waals surface area (Å²) >= 11 is 5.50. The van der Waals surface area contributed by atoms with Gasteiger partial charge in [-0.3, -0.25) is 0 Å². The van der Waals surface area contributed by atoms with Gasteiger partial charge in [-0.05, 0) is 33.6 Å². The van der Waals surface area contributed by atoms with Crippen LogP contribution < -0.4 is 5.32 Å². The first-order valence-corrected chi connectivity index (χ1v) is 7.45. The molecular weight excluding hydrogens is 298 g/mol. The third-order valence-corrected chi connectivity index (χ3v) is 4.17. The van der Waals surface area contributed by atoms with Crippen LogP contribution in [0.15, 0.2) is 27.6 Å². The number of rotatable bonds is 7. The highest BCUT2D eigenvalue weighted by molar-refractivity contribution is 9.10. The second-order valence-electron chi connectivity index (χ2n) is 4.10. The summed E-state index contributed by atoms with van der Waals surface area (Å²) in [5, 5.41) is 3.95. The van der Waals surface area contributed by atoms with E-state index in [0.29, 0.717) is 5.25 Å².